The van der Waals surface area contributed by atoms with Gasteiger partial charge in [-0.3, -0.25) is 0 Å². The fraction of sp³-hybridized carbons (Fsp3) is 0.583. The second-order valence-corrected chi connectivity index (χ2v) is 8.31. The van der Waals surface area contributed by atoms with E-state index < -0.39 is 17.7 Å². The Morgan fingerprint density at radius 3 is 2.22 bits per heavy atom. The van der Waals surface area contributed by atoms with E-state index in [0.29, 0.717) is 23.5 Å². The number of benzene rings is 1. The Hall–Kier alpha value is -1.51. The summed E-state index contributed by atoms with van der Waals surface area (Å²) in [5.74, 6) is 0.222. The van der Waals surface area contributed by atoms with Crippen molar-refractivity contribution in [3.8, 4) is 0 Å². The van der Waals surface area contributed by atoms with Crippen LogP contribution < -0.4 is 0 Å². The smallest absolute Gasteiger partial charge is 0.196 e. The zero-order valence-electron chi connectivity index (χ0n) is 16.3. The van der Waals surface area contributed by atoms with E-state index in [4.69, 9.17) is 0 Å². The molecule has 2 unspecified atom stereocenters. The van der Waals surface area contributed by atoms with Gasteiger partial charge in [-0.15, -0.1) is 0 Å². The maximum Gasteiger partial charge on any atom is 0.196 e. The molecule has 1 saturated carbocycles. The van der Waals surface area contributed by atoms with Crippen LogP contribution in [0.15, 0.2) is 48.3 Å². The Morgan fingerprint density at radius 1 is 1.00 bits per heavy atom. The van der Waals surface area contributed by atoms with Crippen molar-refractivity contribution in [2.75, 3.05) is 0 Å². The van der Waals surface area contributed by atoms with Crippen molar-refractivity contribution in [3.05, 3.63) is 53.9 Å². The fourth-order valence-corrected chi connectivity index (χ4v) is 4.51. The third kappa shape index (κ3) is 4.86. The fourth-order valence-electron chi connectivity index (χ4n) is 4.51. The van der Waals surface area contributed by atoms with E-state index in [1.807, 2.05) is 18.2 Å². The van der Waals surface area contributed by atoms with Gasteiger partial charge in [-0.25, -0.2) is 13.2 Å². The Labute approximate surface area is 161 Å². The van der Waals surface area contributed by atoms with E-state index in [2.05, 4.69) is 6.92 Å². The molecule has 2 aliphatic rings. The van der Waals surface area contributed by atoms with Crippen LogP contribution in [-0.2, 0) is 0 Å². The molecule has 2 atom stereocenters. The molecule has 0 aliphatic heterocycles. The van der Waals surface area contributed by atoms with Crippen LogP contribution in [0.1, 0.15) is 70.3 Å². The van der Waals surface area contributed by atoms with E-state index >= 15 is 4.39 Å². The first-order valence-corrected chi connectivity index (χ1v) is 10.5. The van der Waals surface area contributed by atoms with E-state index in [1.165, 1.54) is 44.3 Å². The molecule has 1 aromatic rings. The Bertz CT molecular complexity index is 655. The predicted octanol–water partition coefficient (Wildman–Crippen LogP) is 7.76. The van der Waals surface area contributed by atoms with Gasteiger partial charge in [-0.2, -0.15) is 0 Å². The highest BCUT2D eigenvalue weighted by Gasteiger charge is 2.45. The lowest BCUT2D eigenvalue weighted by molar-refractivity contribution is 0.0680. The molecule has 1 fully saturated rings. The maximum atomic E-state index is 15.2. The highest BCUT2D eigenvalue weighted by molar-refractivity contribution is 5.76. The molecule has 0 spiro atoms. The van der Waals surface area contributed by atoms with Crippen molar-refractivity contribution >= 4 is 5.57 Å². The molecule has 0 saturated heterocycles. The zero-order valence-corrected chi connectivity index (χ0v) is 16.3. The molecule has 0 aromatic heterocycles. The summed E-state index contributed by atoms with van der Waals surface area (Å²) in [6.07, 6.45) is 9.25. The van der Waals surface area contributed by atoms with Gasteiger partial charge in [0, 0.05) is 0 Å². The predicted molar refractivity (Wildman–Crippen MR) is 107 cm³/mol. The van der Waals surface area contributed by atoms with Crippen LogP contribution in [0.5, 0.6) is 0 Å². The monoisotopic (exact) mass is 376 g/mol. The van der Waals surface area contributed by atoms with E-state index in [9.17, 15) is 8.78 Å². The molecular weight excluding hydrogens is 345 g/mol. The van der Waals surface area contributed by atoms with Crippen molar-refractivity contribution in [2.45, 2.75) is 76.6 Å². The normalized spacial score (nSPS) is 31.3. The molecule has 0 nitrogen and oxygen atoms in total. The zero-order chi connectivity index (χ0) is 19.3. The third-order valence-corrected chi connectivity index (χ3v) is 6.40. The number of rotatable bonds is 7. The first-order chi connectivity index (χ1) is 13.0. The van der Waals surface area contributed by atoms with Crippen LogP contribution in [0, 0.1) is 11.8 Å². The maximum absolute atomic E-state index is 15.2. The van der Waals surface area contributed by atoms with Gasteiger partial charge in [0.2, 0.25) is 0 Å². The lowest BCUT2D eigenvalue weighted by Crippen LogP contribution is -2.37. The lowest BCUT2D eigenvalue weighted by atomic mass is 9.76. The summed E-state index contributed by atoms with van der Waals surface area (Å²) in [5.41, 5.74) is -1.37. The number of hydrogen-bond acceptors (Lipinski definition) is 0. The summed E-state index contributed by atoms with van der Waals surface area (Å²) in [4.78, 5) is 0. The van der Waals surface area contributed by atoms with Crippen molar-refractivity contribution in [1.29, 1.82) is 0 Å². The Kier molecular flexibility index (Phi) is 6.83. The van der Waals surface area contributed by atoms with Gasteiger partial charge in [0.15, 0.2) is 11.8 Å². The summed E-state index contributed by atoms with van der Waals surface area (Å²) >= 11 is 0. The molecule has 27 heavy (non-hydrogen) atoms. The van der Waals surface area contributed by atoms with Crippen molar-refractivity contribution < 1.29 is 13.2 Å². The summed E-state index contributed by atoms with van der Waals surface area (Å²) in [6.45, 7) is 2.21. The minimum absolute atomic E-state index is 0.0701. The van der Waals surface area contributed by atoms with Gasteiger partial charge in [-0.1, -0.05) is 82.2 Å². The average Bonchev–Trinajstić information content (AvgIpc) is 2.70. The van der Waals surface area contributed by atoms with E-state index in [1.54, 1.807) is 12.1 Å². The molecule has 1 aromatic carbocycles. The number of alkyl halides is 2. The summed E-state index contributed by atoms with van der Waals surface area (Å²) in [7, 11) is 0. The molecule has 0 bridgehead atoms. The van der Waals surface area contributed by atoms with Gasteiger partial charge in [0.1, 0.15) is 5.83 Å². The topological polar surface area (TPSA) is 0 Å². The average molecular weight is 377 g/mol. The SMILES string of the molecule is CCCC[C@H]1CC[C@H](CCC2(F)C(F)=CC(c3ccccc3)=CC2F)CC1. The number of hydrogen-bond donors (Lipinski definition) is 0. The van der Waals surface area contributed by atoms with Crippen LogP contribution in [0.4, 0.5) is 13.2 Å². The van der Waals surface area contributed by atoms with Crippen LogP contribution in [-0.4, -0.2) is 11.8 Å². The molecule has 0 N–H and O–H groups in total. The molecule has 148 valence electrons. The highest BCUT2D eigenvalue weighted by atomic mass is 19.2. The molecule has 0 radical (unpaired) electrons. The van der Waals surface area contributed by atoms with Crippen LogP contribution in [0.3, 0.4) is 0 Å². The Balaban J connectivity index is 1.56. The summed E-state index contributed by atoms with van der Waals surface area (Å²) in [5, 5.41) is 0. The van der Waals surface area contributed by atoms with E-state index in [-0.39, 0.29) is 6.42 Å². The Morgan fingerprint density at radius 2 is 1.63 bits per heavy atom. The van der Waals surface area contributed by atoms with Gasteiger partial charge in [-0.05, 0) is 48.0 Å². The van der Waals surface area contributed by atoms with Crippen LogP contribution in [0.2, 0.25) is 0 Å². The molecule has 2 aliphatic carbocycles. The van der Waals surface area contributed by atoms with Crippen LogP contribution in [0.25, 0.3) is 5.57 Å². The first-order valence-electron chi connectivity index (χ1n) is 10.5. The number of unbranched alkanes of at least 4 members (excludes halogenated alkanes) is 1. The van der Waals surface area contributed by atoms with Gasteiger partial charge in [0.05, 0.1) is 0 Å². The number of halogens is 3. The second-order valence-electron chi connectivity index (χ2n) is 8.31. The highest BCUT2D eigenvalue weighted by Crippen LogP contribution is 2.43. The molecule has 3 rings (SSSR count). The number of allylic oxidation sites excluding steroid dienone is 4. The summed E-state index contributed by atoms with van der Waals surface area (Å²) in [6, 6.07) is 9.03. The van der Waals surface area contributed by atoms with Crippen molar-refractivity contribution in [1.82, 2.24) is 0 Å². The minimum atomic E-state index is -2.50. The minimum Gasteiger partial charge on any atom is -0.239 e. The lowest BCUT2D eigenvalue weighted by Gasteiger charge is -2.33. The van der Waals surface area contributed by atoms with Crippen molar-refractivity contribution in [3.63, 3.8) is 0 Å². The molecule has 3 heteroatoms. The molecule has 0 amide bonds. The molecule has 0 heterocycles. The summed E-state index contributed by atoms with van der Waals surface area (Å²) < 4.78 is 44.4. The third-order valence-electron chi connectivity index (χ3n) is 6.40. The first kappa shape index (κ1) is 20.2. The quantitative estimate of drug-likeness (QED) is 0.456. The van der Waals surface area contributed by atoms with Crippen molar-refractivity contribution in [2.24, 2.45) is 11.8 Å². The largest absolute Gasteiger partial charge is 0.239 e. The van der Waals surface area contributed by atoms with Crippen LogP contribution >= 0.6 is 0 Å². The second kappa shape index (κ2) is 9.12. The standard InChI is InChI=1S/C24H31F3/c1-2-3-7-18-10-12-19(13-11-18)14-15-24(27)22(25)16-21(17-23(24)26)20-8-5-4-6-9-20/h4-6,8-9,16-19,22H,2-3,7,10-15H2,1H3/t18-,19-,22?,24?. The van der Waals surface area contributed by atoms with E-state index in [0.717, 1.165) is 18.8 Å². The van der Waals surface area contributed by atoms with Gasteiger partial charge >= 0.3 is 0 Å². The molecular formula is C24H31F3. The van der Waals surface area contributed by atoms with Gasteiger partial charge in [0.25, 0.3) is 0 Å². The van der Waals surface area contributed by atoms with Gasteiger partial charge < -0.3 is 0 Å².